The number of sulfonamides is 1. The minimum atomic E-state index is -3.60. The second-order valence-electron chi connectivity index (χ2n) is 8.08. The molecule has 0 saturated carbocycles. The third-order valence-corrected chi connectivity index (χ3v) is 8.45. The molecule has 32 heavy (non-hydrogen) atoms. The van der Waals surface area contributed by atoms with Gasteiger partial charge in [-0.25, -0.2) is 13.4 Å². The number of aromatic nitrogens is 1. The zero-order valence-corrected chi connectivity index (χ0v) is 19.9. The SMILES string of the molecule is Cc1ccc(-c2nc(CC(=O)Nc3ccc(C)c(S(=O)(=O)N4CCCCCC4)c3)cs2)o1. The van der Waals surface area contributed by atoms with Crippen molar-refractivity contribution in [2.24, 2.45) is 0 Å². The van der Waals surface area contributed by atoms with Gasteiger partial charge >= 0.3 is 0 Å². The molecular formula is C23H27N3O4S2. The first-order chi connectivity index (χ1) is 15.3. The molecule has 3 heterocycles. The summed E-state index contributed by atoms with van der Waals surface area (Å²) in [5, 5.41) is 5.37. The Kier molecular flexibility index (Phi) is 6.78. The van der Waals surface area contributed by atoms with Crippen molar-refractivity contribution in [3.05, 3.63) is 52.7 Å². The van der Waals surface area contributed by atoms with Crippen LogP contribution in [0.15, 0.2) is 45.0 Å². The van der Waals surface area contributed by atoms with Crippen LogP contribution in [0.4, 0.5) is 5.69 Å². The lowest BCUT2D eigenvalue weighted by atomic mass is 10.2. The summed E-state index contributed by atoms with van der Waals surface area (Å²) < 4.78 is 33.6. The smallest absolute Gasteiger partial charge is 0.243 e. The molecule has 1 fully saturated rings. The predicted octanol–water partition coefficient (Wildman–Crippen LogP) is 4.77. The number of nitrogens with zero attached hydrogens (tertiary/aromatic N) is 2. The van der Waals surface area contributed by atoms with Crippen molar-refractivity contribution in [2.75, 3.05) is 18.4 Å². The number of hydrogen-bond acceptors (Lipinski definition) is 6. The van der Waals surface area contributed by atoms with Gasteiger partial charge in [-0.05, 0) is 56.5 Å². The van der Waals surface area contributed by atoms with E-state index in [1.165, 1.54) is 11.3 Å². The summed E-state index contributed by atoms with van der Waals surface area (Å²) in [4.78, 5) is 17.3. The first kappa shape index (κ1) is 22.7. The second kappa shape index (κ2) is 9.56. The summed E-state index contributed by atoms with van der Waals surface area (Å²) in [6, 6.07) is 8.76. The summed E-state index contributed by atoms with van der Waals surface area (Å²) >= 11 is 1.42. The lowest BCUT2D eigenvalue weighted by molar-refractivity contribution is -0.115. The molecule has 1 aliphatic rings. The van der Waals surface area contributed by atoms with Gasteiger partial charge in [0, 0.05) is 24.2 Å². The molecule has 2 aromatic heterocycles. The number of anilines is 1. The zero-order chi connectivity index (χ0) is 22.7. The standard InChI is InChI=1S/C23H27N3O4S2/c1-16-7-9-18(13-21(16)32(28,29)26-11-5-3-4-6-12-26)24-22(27)14-19-15-31-23(25-19)20-10-8-17(2)30-20/h7-10,13,15H,3-6,11-12,14H2,1-2H3,(H,24,27). The van der Waals surface area contributed by atoms with Crippen molar-refractivity contribution >= 4 is 33.0 Å². The Bertz CT molecular complexity index is 1210. The summed E-state index contributed by atoms with van der Waals surface area (Å²) in [7, 11) is -3.60. The monoisotopic (exact) mass is 473 g/mol. The van der Waals surface area contributed by atoms with Crippen molar-refractivity contribution in [3.8, 4) is 10.8 Å². The maximum absolute atomic E-state index is 13.2. The van der Waals surface area contributed by atoms with E-state index < -0.39 is 10.0 Å². The maximum Gasteiger partial charge on any atom is 0.243 e. The Labute approximate surface area is 192 Å². The Hall–Kier alpha value is -2.49. The van der Waals surface area contributed by atoms with Crippen LogP contribution in [0, 0.1) is 13.8 Å². The van der Waals surface area contributed by atoms with E-state index >= 15 is 0 Å². The topological polar surface area (TPSA) is 92.5 Å². The number of thiazole rings is 1. The van der Waals surface area contributed by atoms with E-state index in [4.69, 9.17) is 4.42 Å². The number of hydrogen-bond donors (Lipinski definition) is 1. The normalized spacial score (nSPS) is 15.4. The molecule has 1 aromatic carbocycles. The van der Waals surface area contributed by atoms with Crippen LogP contribution in [0.25, 0.3) is 10.8 Å². The van der Waals surface area contributed by atoms with E-state index in [1.807, 2.05) is 24.4 Å². The molecule has 0 spiro atoms. The Morgan fingerprint density at radius 2 is 1.88 bits per heavy atom. The summed E-state index contributed by atoms with van der Waals surface area (Å²) in [5.41, 5.74) is 1.78. The molecule has 9 heteroatoms. The van der Waals surface area contributed by atoms with Crippen LogP contribution in [0.2, 0.25) is 0 Å². The van der Waals surface area contributed by atoms with Gasteiger partial charge in [-0.1, -0.05) is 18.9 Å². The number of rotatable bonds is 6. The molecule has 0 aliphatic carbocycles. The Morgan fingerprint density at radius 3 is 2.56 bits per heavy atom. The molecular weight excluding hydrogens is 446 g/mol. The van der Waals surface area contributed by atoms with Crippen LogP contribution >= 0.6 is 11.3 Å². The molecule has 1 N–H and O–H groups in total. The van der Waals surface area contributed by atoms with Crippen LogP contribution in [0.3, 0.4) is 0 Å². The number of carbonyl (C=O) groups is 1. The number of nitrogens with one attached hydrogen (secondary N) is 1. The Balaban J connectivity index is 1.46. The molecule has 0 radical (unpaired) electrons. The van der Waals surface area contributed by atoms with Gasteiger partial charge in [-0.3, -0.25) is 4.79 Å². The zero-order valence-electron chi connectivity index (χ0n) is 18.3. The van der Waals surface area contributed by atoms with Crippen LogP contribution in [-0.4, -0.2) is 36.7 Å². The van der Waals surface area contributed by atoms with Gasteiger partial charge in [0.1, 0.15) is 5.76 Å². The summed E-state index contributed by atoms with van der Waals surface area (Å²) in [6.45, 7) is 4.73. The molecule has 4 rings (SSSR count). The van der Waals surface area contributed by atoms with Gasteiger partial charge in [-0.2, -0.15) is 4.31 Å². The highest BCUT2D eigenvalue weighted by Crippen LogP contribution is 2.27. The van der Waals surface area contributed by atoms with E-state index in [0.29, 0.717) is 35.8 Å². The quantitative estimate of drug-likeness (QED) is 0.557. The van der Waals surface area contributed by atoms with Crippen LogP contribution < -0.4 is 5.32 Å². The summed E-state index contributed by atoms with van der Waals surface area (Å²) in [5.74, 6) is 1.24. The average Bonchev–Trinajstić information content (AvgIpc) is 3.29. The van der Waals surface area contributed by atoms with E-state index in [2.05, 4.69) is 10.3 Å². The van der Waals surface area contributed by atoms with Crippen molar-refractivity contribution in [1.82, 2.24) is 9.29 Å². The number of benzene rings is 1. The number of carbonyl (C=O) groups excluding carboxylic acids is 1. The van der Waals surface area contributed by atoms with Crippen LogP contribution in [-0.2, 0) is 21.2 Å². The molecule has 170 valence electrons. The van der Waals surface area contributed by atoms with E-state index in [0.717, 1.165) is 36.5 Å². The van der Waals surface area contributed by atoms with Crippen LogP contribution in [0.5, 0.6) is 0 Å². The van der Waals surface area contributed by atoms with Gasteiger partial charge in [-0.15, -0.1) is 11.3 Å². The van der Waals surface area contributed by atoms with Gasteiger partial charge in [0.25, 0.3) is 0 Å². The maximum atomic E-state index is 13.2. The highest BCUT2D eigenvalue weighted by atomic mass is 32.2. The fourth-order valence-electron chi connectivity index (χ4n) is 3.80. The second-order valence-corrected chi connectivity index (χ2v) is 10.8. The summed E-state index contributed by atoms with van der Waals surface area (Å²) in [6.07, 6.45) is 3.96. The van der Waals surface area contributed by atoms with Crippen molar-refractivity contribution < 1.29 is 17.6 Å². The van der Waals surface area contributed by atoms with Crippen LogP contribution in [0.1, 0.15) is 42.7 Å². The molecule has 0 unspecified atom stereocenters. The van der Waals surface area contributed by atoms with E-state index in [-0.39, 0.29) is 17.2 Å². The van der Waals surface area contributed by atoms with Crippen molar-refractivity contribution in [3.63, 3.8) is 0 Å². The molecule has 1 saturated heterocycles. The first-order valence-electron chi connectivity index (χ1n) is 10.7. The predicted molar refractivity (Wildman–Crippen MR) is 125 cm³/mol. The van der Waals surface area contributed by atoms with E-state index in [1.54, 1.807) is 29.4 Å². The lowest BCUT2D eigenvalue weighted by Crippen LogP contribution is -2.32. The molecule has 0 atom stereocenters. The van der Waals surface area contributed by atoms with Crippen molar-refractivity contribution in [1.29, 1.82) is 0 Å². The van der Waals surface area contributed by atoms with Gasteiger partial charge in [0.05, 0.1) is 17.0 Å². The van der Waals surface area contributed by atoms with Gasteiger partial charge in [0.2, 0.25) is 15.9 Å². The fourth-order valence-corrected chi connectivity index (χ4v) is 6.34. The highest BCUT2D eigenvalue weighted by Gasteiger charge is 2.27. The number of amides is 1. The molecule has 1 aliphatic heterocycles. The first-order valence-corrected chi connectivity index (χ1v) is 13.1. The largest absolute Gasteiger partial charge is 0.459 e. The third-order valence-electron chi connectivity index (χ3n) is 5.50. The van der Waals surface area contributed by atoms with E-state index in [9.17, 15) is 13.2 Å². The van der Waals surface area contributed by atoms with Crippen molar-refractivity contribution in [2.45, 2.75) is 50.8 Å². The fraction of sp³-hybridized carbons (Fsp3) is 0.391. The molecule has 1 amide bonds. The average molecular weight is 474 g/mol. The van der Waals surface area contributed by atoms with Gasteiger partial charge < -0.3 is 9.73 Å². The third kappa shape index (κ3) is 5.11. The molecule has 0 bridgehead atoms. The van der Waals surface area contributed by atoms with Gasteiger partial charge in [0.15, 0.2) is 10.8 Å². The number of furan rings is 1. The lowest BCUT2D eigenvalue weighted by Gasteiger charge is -2.21. The highest BCUT2D eigenvalue weighted by molar-refractivity contribution is 7.89. The molecule has 7 nitrogen and oxygen atoms in total. The molecule has 3 aromatic rings. The minimum Gasteiger partial charge on any atom is -0.459 e. The number of aryl methyl sites for hydroxylation is 2. The minimum absolute atomic E-state index is 0.0955. The Morgan fingerprint density at radius 1 is 1.12 bits per heavy atom.